The molecule has 210 valence electrons. The zero-order valence-electron chi connectivity index (χ0n) is 23.6. The molecule has 0 bridgehead atoms. The number of piperazine rings is 2. The summed E-state index contributed by atoms with van der Waals surface area (Å²) in [4.78, 5) is 16.5. The van der Waals surface area contributed by atoms with Gasteiger partial charge in [0.05, 0.1) is 10.2 Å². The Balaban J connectivity index is 1.69. The first-order valence-corrected chi connectivity index (χ1v) is 14.6. The molecule has 2 saturated heterocycles. The topological polar surface area (TPSA) is 73.0 Å². The maximum Gasteiger partial charge on any atom is 0.151 e. The van der Waals surface area contributed by atoms with Gasteiger partial charge < -0.3 is 20.9 Å². The fourth-order valence-electron chi connectivity index (χ4n) is 4.80. The van der Waals surface area contributed by atoms with E-state index in [1.54, 1.807) is 12.3 Å². The molecule has 3 N–H and O–H groups in total. The SMILES string of the molecule is C=C/C=C(C=Nc1c(N)ncc(Br)c1N1CCN(CC(/C=C\C)=C/C(=C)C)CC1)\C=C/CCN1CCNCC1. The number of aliphatic imine (C=N–C) groups is 1. The van der Waals surface area contributed by atoms with Gasteiger partial charge in [0.1, 0.15) is 5.69 Å². The van der Waals surface area contributed by atoms with Gasteiger partial charge in [0.2, 0.25) is 0 Å². The summed E-state index contributed by atoms with van der Waals surface area (Å²) < 4.78 is 0.898. The molecule has 0 spiro atoms. The molecule has 0 radical (unpaired) electrons. The summed E-state index contributed by atoms with van der Waals surface area (Å²) in [7, 11) is 0. The van der Waals surface area contributed by atoms with E-state index in [1.165, 1.54) is 5.57 Å². The zero-order valence-corrected chi connectivity index (χ0v) is 25.2. The Bertz CT molecular complexity index is 1120. The van der Waals surface area contributed by atoms with E-state index in [9.17, 15) is 0 Å². The van der Waals surface area contributed by atoms with Crippen molar-refractivity contribution in [3.8, 4) is 0 Å². The molecule has 0 amide bonds. The molecule has 7 nitrogen and oxygen atoms in total. The van der Waals surface area contributed by atoms with Gasteiger partial charge in [-0.25, -0.2) is 4.98 Å². The molecule has 0 atom stereocenters. The minimum absolute atomic E-state index is 0.423. The van der Waals surface area contributed by atoms with Crippen LogP contribution in [0.1, 0.15) is 20.3 Å². The van der Waals surface area contributed by atoms with Crippen molar-refractivity contribution in [1.82, 2.24) is 20.1 Å². The van der Waals surface area contributed by atoms with Gasteiger partial charge in [-0.1, -0.05) is 61.3 Å². The van der Waals surface area contributed by atoms with E-state index in [0.717, 1.165) is 93.2 Å². The van der Waals surface area contributed by atoms with Gasteiger partial charge in [-0.15, -0.1) is 0 Å². The number of nitrogens with two attached hydrogens (primary N) is 1. The first-order valence-electron chi connectivity index (χ1n) is 13.8. The predicted molar refractivity (Wildman–Crippen MR) is 172 cm³/mol. The van der Waals surface area contributed by atoms with Gasteiger partial charge >= 0.3 is 0 Å². The molecular weight excluding hydrogens is 550 g/mol. The monoisotopic (exact) mass is 593 g/mol. The summed E-state index contributed by atoms with van der Waals surface area (Å²) in [6.45, 7) is 22.0. The van der Waals surface area contributed by atoms with Crippen molar-refractivity contribution < 1.29 is 0 Å². The minimum atomic E-state index is 0.423. The lowest BCUT2D eigenvalue weighted by Crippen LogP contribution is -2.47. The number of halogens is 1. The van der Waals surface area contributed by atoms with E-state index >= 15 is 0 Å². The summed E-state index contributed by atoms with van der Waals surface area (Å²) in [5.41, 5.74) is 11.4. The van der Waals surface area contributed by atoms with Crippen molar-refractivity contribution in [2.45, 2.75) is 20.3 Å². The highest BCUT2D eigenvalue weighted by Gasteiger charge is 2.23. The molecule has 1 aromatic heterocycles. The number of anilines is 2. The quantitative estimate of drug-likeness (QED) is 0.253. The number of aromatic nitrogens is 1. The Morgan fingerprint density at radius 3 is 2.56 bits per heavy atom. The standard InChI is InChI=1S/C31H44BrN7/c1-5-9-26(11-7-8-14-37-15-12-34-13-16-37)22-35-29-30(28(32)23-36-31(29)33)39-19-17-38(18-20-39)24-27(10-6-2)21-25(3)4/h5-7,9-11,21-23,34H,1,3,8,12-20,24H2,2,4H3,(H2,33,36)/b10-6-,11-7-,26-9+,27-21+,35-22?. The highest BCUT2D eigenvalue weighted by molar-refractivity contribution is 9.10. The second-order valence-electron chi connectivity index (χ2n) is 9.96. The predicted octanol–water partition coefficient (Wildman–Crippen LogP) is 5.29. The molecule has 2 fully saturated rings. The van der Waals surface area contributed by atoms with Crippen LogP contribution >= 0.6 is 15.9 Å². The number of rotatable bonds is 12. The largest absolute Gasteiger partial charge is 0.382 e. The zero-order chi connectivity index (χ0) is 28.0. The van der Waals surface area contributed by atoms with E-state index in [0.29, 0.717) is 11.5 Å². The third-order valence-corrected chi connectivity index (χ3v) is 7.28. The fraction of sp³-hybridized carbons (Fsp3) is 0.419. The molecule has 3 heterocycles. The fourth-order valence-corrected chi connectivity index (χ4v) is 5.34. The maximum atomic E-state index is 6.36. The van der Waals surface area contributed by atoms with Crippen LogP contribution in [0.25, 0.3) is 0 Å². The molecule has 2 aliphatic heterocycles. The number of hydrogen-bond acceptors (Lipinski definition) is 7. The number of nitrogens with one attached hydrogen (secondary N) is 1. The number of pyridine rings is 1. The van der Waals surface area contributed by atoms with E-state index in [-0.39, 0.29) is 0 Å². The van der Waals surface area contributed by atoms with Crippen molar-refractivity contribution in [2.24, 2.45) is 4.99 Å². The number of hydrogen-bond donors (Lipinski definition) is 2. The van der Waals surface area contributed by atoms with Gasteiger partial charge in [0.25, 0.3) is 0 Å². The molecule has 0 unspecified atom stereocenters. The molecular formula is C31H44BrN7. The van der Waals surface area contributed by atoms with Gasteiger partial charge in [-0.05, 0) is 47.3 Å². The summed E-state index contributed by atoms with van der Waals surface area (Å²) in [5, 5.41) is 3.40. The molecule has 3 rings (SSSR count). The smallest absolute Gasteiger partial charge is 0.151 e. The van der Waals surface area contributed by atoms with Crippen LogP contribution in [0, 0.1) is 0 Å². The second kappa shape index (κ2) is 16.4. The van der Waals surface area contributed by atoms with Gasteiger partial charge in [-0.3, -0.25) is 9.89 Å². The third-order valence-electron chi connectivity index (χ3n) is 6.70. The Labute approximate surface area is 243 Å². The highest BCUT2D eigenvalue weighted by atomic mass is 79.9. The van der Waals surface area contributed by atoms with E-state index in [1.807, 2.05) is 19.2 Å². The van der Waals surface area contributed by atoms with Gasteiger partial charge in [0.15, 0.2) is 5.82 Å². The third kappa shape index (κ3) is 10.0. The molecule has 0 aromatic carbocycles. The van der Waals surface area contributed by atoms with Crippen molar-refractivity contribution >= 4 is 39.3 Å². The molecule has 39 heavy (non-hydrogen) atoms. The normalized spacial score (nSPS) is 18.6. The van der Waals surface area contributed by atoms with E-state index in [2.05, 4.69) is 91.4 Å². The minimum Gasteiger partial charge on any atom is -0.382 e. The highest BCUT2D eigenvalue weighted by Crippen LogP contribution is 2.39. The molecule has 8 heteroatoms. The summed E-state index contributed by atoms with van der Waals surface area (Å²) in [5.74, 6) is 0.423. The van der Waals surface area contributed by atoms with Crippen molar-refractivity contribution in [3.63, 3.8) is 0 Å². The van der Waals surface area contributed by atoms with Crippen LogP contribution in [0.2, 0.25) is 0 Å². The summed E-state index contributed by atoms with van der Waals surface area (Å²) >= 11 is 3.72. The first kappa shape index (κ1) is 30.8. The number of nitrogen functional groups attached to an aromatic ring is 1. The Hall–Kier alpha value is -2.78. The maximum absolute atomic E-state index is 6.36. The van der Waals surface area contributed by atoms with Crippen LogP contribution in [0.5, 0.6) is 0 Å². The van der Waals surface area contributed by atoms with Crippen LogP contribution in [-0.2, 0) is 0 Å². The Morgan fingerprint density at radius 2 is 1.90 bits per heavy atom. The Morgan fingerprint density at radius 1 is 1.15 bits per heavy atom. The number of nitrogens with zero attached hydrogens (tertiary/aromatic N) is 5. The molecule has 0 aliphatic carbocycles. The lowest BCUT2D eigenvalue weighted by molar-refractivity contribution is 0.245. The summed E-state index contributed by atoms with van der Waals surface area (Å²) in [6, 6.07) is 0. The second-order valence-corrected chi connectivity index (χ2v) is 10.8. The number of allylic oxidation sites excluding steroid dienone is 7. The van der Waals surface area contributed by atoms with Crippen molar-refractivity contribution in [3.05, 3.63) is 83.1 Å². The average Bonchev–Trinajstić information content (AvgIpc) is 2.92. The van der Waals surface area contributed by atoms with Gasteiger partial charge in [-0.2, -0.15) is 0 Å². The Kier molecular flexibility index (Phi) is 12.9. The molecule has 1 aromatic rings. The molecule has 0 saturated carbocycles. The van der Waals surface area contributed by atoms with E-state index < -0.39 is 0 Å². The van der Waals surface area contributed by atoms with Crippen LogP contribution in [0.4, 0.5) is 17.2 Å². The lowest BCUT2D eigenvalue weighted by atomic mass is 10.1. The average molecular weight is 595 g/mol. The van der Waals surface area contributed by atoms with Crippen LogP contribution in [-0.4, -0.2) is 86.4 Å². The van der Waals surface area contributed by atoms with Crippen LogP contribution in [0.15, 0.2) is 88.1 Å². The van der Waals surface area contributed by atoms with Crippen molar-refractivity contribution in [2.75, 3.05) is 76.1 Å². The van der Waals surface area contributed by atoms with E-state index in [4.69, 9.17) is 10.7 Å². The van der Waals surface area contributed by atoms with Crippen LogP contribution < -0.4 is 16.0 Å². The van der Waals surface area contributed by atoms with Gasteiger partial charge in [0, 0.05) is 77.9 Å². The summed E-state index contributed by atoms with van der Waals surface area (Å²) in [6.07, 6.45) is 19.1. The lowest BCUT2D eigenvalue weighted by Gasteiger charge is -2.37. The van der Waals surface area contributed by atoms with Crippen LogP contribution in [0.3, 0.4) is 0 Å². The first-order chi connectivity index (χ1) is 18.9. The molecule has 2 aliphatic rings. The van der Waals surface area contributed by atoms with Crippen molar-refractivity contribution in [1.29, 1.82) is 0 Å².